The first-order valence-electron chi connectivity index (χ1n) is 9.57. The van der Waals surface area contributed by atoms with Crippen LogP contribution in [0.15, 0.2) is 89.8 Å². The van der Waals surface area contributed by atoms with Gasteiger partial charge in [0.1, 0.15) is 0 Å². The third kappa shape index (κ3) is 3.89. The van der Waals surface area contributed by atoms with Gasteiger partial charge >= 0.3 is 0 Å². The molecule has 144 valence electrons. The van der Waals surface area contributed by atoms with Gasteiger partial charge in [-0.25, -0.2) is 4.98 Å². The van der Waals surface area contributed by atoms with Crippen molar-refractivity contribution in [2.24, 2.45) is 0 Å². The summed E-state index contributed by atoms with van der Waals surface area (Å²) in [5, 5.41) is 4.05. The number of rotatable bonds is 5. The van der Waals surface area contributed by atoms with Crippen molar-refractivity contribution in [3.05, 3.63) is 96.1 Å². The van der Waals surface area contributed by atoms with E-state index < -0.39 is 0 Å². The molecule has 0 aliphatic heterocycles. The van der Waals surface area contributed by atoms with Crippen LogP contribution in [0, 0.1) is 0 Å². The lowest BCUT2D eigenvalue weighted by molar-refractivity contribution is 0.0938. The molecule has 4 aromatic rings. The molecule has 4 heteroatoms. The van der Waals surface area contributed by atoms with Crippen molar-refractivity contribution in [2.45, 2.75) is 17.9 Å². The van der Waals surface area contributed by atoms with Crippen LogP contribution in [0.5, 0.6) is 0 Å². The van der Waals surface area contributed by atoms with E-state index in [1.807, 2.05) is 98.1 Å². The van der Waals surface area contributed by atoms with Gasteiger partial charge in [0.05, 0.1) is 22.8 Å². The molecule has 1 aromatic heterocycles. The Morgan fingerprint density at radius 3 is 2.21 bits per heavy atom. The summed E-state index contributed by atoms with van der Waals surface area (Å²) in [6.45, 7) is 2.01. The molecule has 4 rings (SSSR count). The molecule has 0 saturated heterocycles. The molecule has 3 nitrogen and oxygen atoms in total. The van der Waals surface area contributed by atoms with E-state index in [1.54, 1.807) is 11.8 Å². The number of aromatic nitrogens is 1. The van der Waals surface area contributed by atoms with Gasteiger partial charge in [-0.2, -0.15) is 0 Å². The molecule has 0 fully saturated rings. The number of carbonyl (C=O) groups is 1. The molecule has 0 radical (unpaired) electrons. The van der Waals surface area contributed by atoms with Gasteiger partial charge in [-0.1, -0.05) is 78.9 Å². The fourth-order valence-electron chi connectivity index (χ4n) is 3.50. The highest BCUT2D eigenvalue weighted by atomic mass is 32.2. The van der Waals surface area contributed by atoms with Crippen LogP contribution in [0.3, 0.4) is 0 Å². The van der Waals surface area contributed by atoms with E-state index in [0.29, 0.717) is 5.56 Å². The Morgan fingerprint density at radius 1 is 0.897 bits per heavy atom. The van der Waals surface area contributed by atoms with Gasteiger partial charge in [0, 0.05) is 15.8 Å². The van der Waals surface area contributed by atoms with Crippen LogP contribution in [-0.4, -0.2) is 17.1 Å². The van der Waals surface area contributed by atoms with Crippen LogP contribution in [0.1, 0.15) is 28.9 Å². The number of para-hydroxylation sites is 1. The average molecular weight is 399 g/mol. The quantitative estimate of drug-likeness (QED) is 0.412. The largest absolute Gasteiger partial charge is 0.345 e. The Hall–Kier alpha value is -3.11. The highest BCUT2D eigenvalue weighted by Crippen LogP contribution is 2.36. The second kappa shape index (κ2) is 8.50. The second-order valence-electron chi connectivity index (χ2n) is 6.86. The monoisotopic (exact) mass is 398 g/mol. The first kappa shape index (κ1) is 19.2. The van der Waals surface area contributed by atoms with E-state index in [4.69, 9.17) is 4.98 Å². The lowest BCUT2D eigenvalue weighted by Crippen LogP contribution is -2.27. The zero-order valence-corrected chi connectivity index (χ0v) is 17.2. The molecule has 0 bridgehead atoms. The van der Waals surface area contributed by atoms with Gasteiger partial charge < -0.3 is 5.32 Å². The molecule has 0 saturated carbocycles. The van der Waals surface area contributed by atoms with Gasteiger partial charge in [-0.15, -0.1) is 11.8 Å². The number of fused-ring (bicyclic) bond motifs is 1. The highest BCUT2D eigenvalue weighted by molar-refractivity contribution is 7.98. The highest BCUT2D eigenvalue weighted by Gasteiger charge is 2.22. The summed E-state index contributed by atoms with van der Waals surface area (Å²) in [6.07, 6.45) is 2.00. The zero-order chi connectivity index (χ0) is 20.2. The maximum Gasteiger partial charge on any atom is 0.253 e. The molecule has 1 unspecified atom stereocenters. The summed E-state index contributed by atoms with van der Waals surface area (Å²) in [5.41, 5.74) is 4.43. The van der Waals surface area contributed by atoms with Crippen LogP contribution in [0.25, 0.3) is 22.2 Å². The predicted octanol–water partition coefficient (Wildman–Crippen LogP) is 6.11. The topological polar surface area (TPSA) is 42.0 Å². The fourth-order valence-corrected chi connectivity index (χ4v) is 4.27. The predicted molar refractivity (Wildman–Crippen MR) is 121 cm³/mol. The van der Waals surface area contributed by atoms with Crippen LogP contribution in [0.2, 0.25) is 0 Å². The lowest BCUT2D eigenvalue weighted by Gasteiger charge is -2.19. The molecular formula is C25H22N2OS. The molecule has 1 amide bonds. The molecule has 0 aliphatic rings. The van der Waals surface area contributed by atoms with Gasteiger partial charge in [0.2, 0.25) is 0 Å². The summed E-state index contributed by atoms with van der Waals surface area (Å²) >= 11 is 1.56. The number of pyridine rings is 1. The summed E-state index contributed by atoms with van der Waals surface area (Å²) in [4.78, 5) is 19.2. The number of carbonyl (C=O) groups excluding carboxylic acids is 1. The van der Waals surface area contributed by atoms with E-state index in [2.05, 4.69) is 5.32 Å². The first-order chi connectivity index (χ1) is 14.2. The van der Waals surface area contributed by atoms with Crippen LogP contribution in [-0.2, 0) is 0 Å². The number of thioether (sulfide) groups is 1. The van der Waals surface area contributed by atoms with Crippen LogP contribution in [0.4, 0.5) is 0 Å². The number of amides is 1. The van der Waals surface area contributed by atoms with Crippen molar-refractivity contribution >= 4 is 28.6 Å². The van der Waals surface area contributed by atoms with Gasteiger partial charge in [0.25, 0.3) is 5.91 Å². The van der Waals surface area contributed by atoms with E-state index >= 15 is 0 Å². The van der Waals surface area contributed by atoms with Crippen LogP contribution < -0.4 is 5.32 Å². The van der Waals surface area contributed by atoms with Crippen molar-refractivity contribution in [3.63, 3.8) is 0 Å². The number of nitrogens with one attached hydrogen (secondary N) is 1. The normalized spacial score (nSPS) is 11.9. The van der Waals surface area contributed by atoms with Crippen molar-refractivity contribution in [1.82, 2.24) is 10.3 Å². The van der Waals surface area contributed by atoms with Crippen molar-refractivity contribution in [3.8, 4) is 11.3 Å². The Labute approximate surface area is 175 Å². The third-order valence-electron chi connectivity index (χ3n) is 4.97. The molecule has 1 atom stereocenters. The van der Waals surface area contributed by atoms with E-state index in [1.165, 1.54) is 0 Å². The Balaban J connectivity index is 1.85. The minimum absolute atomic E-state index is 0.0820. The third-order valence-corrected chi connectivity index (χ3v) is 5.78. The van der Waals surface area contributed by atoms with Crippen molar-refractivity contribution in [2.75, 3.05) is 6.26 Å². The maximum atomic E-state index is 13.5. The minimum atomic E-state index is -0.0921. The average Bonchev–Trinajstić information content (AvgIpc) is 2.78. The van der Waals surface area contributed by atoms with E-state index in [-0.39, 0.29) is 11.9 Å². The summed E-state index contributed by atoms with van der Waals surface area (Å²) in [5.74, 6) is -0.0820. The molecule has 0 aliphatic carbocycles. The Morgan fingerprint density at radius 2 is 1.52 bits per heavy atom. The smallest absolute Gasteiger partial charge is 0.253 e. The lowest BCUT2D eigenvalue weighted by atomic mass is 10.0. The summed E-state index contributed by atoms with van der Waals surface area (Å²) < 4.78 is 0. The molecule has 0 spiro atoms. The molecule has 1 N–H and O–H groups in total. The van der Waals surface area contributed by atoms with Crippen molar-refractivity contribution in [1.29, 1.82) is 0 Å². The molecule has 1 heterocycles. The Kier molecular flexibility index (Phi) is 5.63. The number of hydrogen-bond acceptors (Lipinski definition) is 3. The zero-order valence-electron chi connectivity index (χ0n) is 16.4. The number of hydrogen-bond donors (Lipinski definition) is 1. The minimum Gasteiger partial charge on any atom is -0.345 e. The van der Waals surface area contributed by atoms with Gasteiger partial charge in [-0.3, -0.25) is 4.79 Å². The van der Waals surface area contributed by atoms with E-state index in [0.717, 1.165) is 32.6 Å². The number of benzene rings is 3. The molecule has 29 heavy (non-hydrogen) atoms. The molecule has 3 aromatic carbocycles. The van der Waals surface area contributed by atoms with Crippen LogP contribution >= 0.6 is 11.8 Å². The Bertz CT molecular complexity index is 1140. The van der Waals surface area contributed by atoms with Crippen molar-refractivity contribution < 1.29 is 4.79 Å². The SMILES string of the molecule is CSc1c(-c2ccccc2)nc2ccccc2c1C(=O)NC(C)c1ccccc1. The molecular weight excluding hydrogens is 376 g/mol. The first-order valence-corrected chi connectivity index (χ1v) is 10.8. The van der Waals surface area contributed by atoms with E-state index in [9.17, 15) is 4.79 Å². The summed E-state index contributed by atoms with van der Waals surface area (Å²) in [7, 11) is 0. The summed E-state index contributed by atoms with van der Waals surface area (Å²) in [6, 6.07) is 27.8. The van der Waals surface area contributed by atoms with Gasteiger partial charge in [-0.05, 0) is 24.8 Å². The van der Waals surface area contributed by atoms with Gasteiger partial charge in [0.15, 0.2) is 0 Å². The maximum absolute atomic E-state index is 13.5. The number of nitrogens with zero attached hydrogens (tertiary/aromatic N) is 1. The standard InChI is InChI=1S/C25H22N2OS/c1-17(18-11-5-3-6-12-18)26-25(28)22-20-15-9-10-16-21(20)27-23(24(22)29-2)19-13-7-4-8-14-19/h3-17H,1-2H3,(H,26,28). The fraction of sp³-hybridized carbons (Fsp3) is 0.120. The second-order valence-corrected chi connectivity index (χ2v) is 7.67.